The van der Waals surface area contributed by atoms with Gasteiger partial charge in [-0.05, 0) is 37.5 Å². The first kappa shape index (κ1) is 15.5. The number of anilines is 1. The molecule has 1 heterocycles. The van der Waals surface area contributed by atoms with Crippen molar-refractivity contribution in [3.8, 4) is 0 Å². The Morgan fingerprint density at radius 1 is 1.29 bits per heavy atom. The molecule has 3 nitrogen and oxygen atoms in total. The molecule has 0 atom stereocenters. The van der Waals surface area contributed by atoms with E-state index in [1.165, 1.54) is 11.1 Å². The fraction of sp³-hybridized carbons (Fsp3) is 0.294. The SMILES string of the molecule is Cc1cccc(CCCC(=O)CNc2ccc(Cl)cn2)c1. The summed E-state index contributed by atoms with van der Waals surface area (Å²) in [5.41, 5.74) is 2.55. The molecule has 0 radical (unpaired) electrons. The standard InChI is InChI=1S/C17H19ClN2O/c1-13-4-2-5-14(10-13)6-3-7-16(21)12-20-17-9-8-15(18)11-19-17/h2,4-5,8-11H,3,6-7,12H2,1H3,(H,19,20). The molecule has 1 aromatic carbocycles. The number of ketones is 1. The zero-order valence-corrected chi connectivity index (χ0v) is 12.9. The van der Waals surface area contributed by atoms with Crippen molar-refractivity contribution >= 4 is 23.2 Å². The van der Waals surface area contributed by atoms with Gasteiger partial charge in [0, 0.05) is 12.6 Å². The third kappa shape index (κ3) is 5.56. The Hall–Kier alpha value is -1.87. The molecule has 0 bridgehead atoms. The smallest absolute Gasteiger partial charge is 0.151 e. The minimum atomic E-state index is 0.194. The van der Waals surface area contributed by atoms with Gasteiger partial charge in [0.2, 0.25) is 0 Å². The highest BCUT2D eigenvalue weighted by Crippen LogP contribution is 2.10. The maximum absolute atomic E-state index is 11.8. The van der Waals surface area contributed by atoms with Crippen LogP contribution in [0.1, 0.15) is 24.0 Å². The first-order chi connectivity index (χ1) is 10.1. The van der Waals surface area contributed by atoms with Gasteiger partial charge < -0.3 is 5.32 Å². The molecule has 0 unspecified atom stereocenters. The molecule has 2 aromatic rings. The van der Waals surface area contributed by atoms with Gasteiger partial charge in [-0.2, -0.15) is 0 Å². The maximum atomic E-state index is 11.8. The lowest BCUT2D eigenvalue weighted by Gasteiger charge is -2.05. The molecule has 0 saturated carbocycles. The Morgan fingerprint density at radius 3 is 2.86 bits per heavy atom. The van der Waals surface area contributed by atoms with Crippen LogP contribution in [-0.4, -0.2) is 17.3 Å². The summed E-state index contributed by atoms with van der Waals surface area (Å²) < 4.78 is 0. The number of hydrogen-bond donors (Lipinski definition) is 1. The van der Waals surface area contributed by atoms with Crippen molar-refractivity contribution < 1.29 is 4.79 Å². The summed E-state index contributed by atoms with van der Waals surface area (Å²) in [6.45, 7) is 2.39. The molecule has 0 amide bonds. The van der Waals surface area contributed by atoms with Crippen molar-refractivity contribution in [3.63, 3.8) is 0 Å². The fourth-order valence-electron chi connectivity index (χ4n) is 2.12. The number of nitrogens with zero attached hydrogens (tertiary/aromatic N) is 1. The number of aryl methyl sites for hydroxylation is 2. The van der Waals surface area contributed by atoms with Crippen molar-refractivity contribution in [1.29, 1.82) is 0 Å². The van der Waals surface area contributed by atoms with Crippen LogP contribution in [0.25, 0.3) is 0 Å². The van der Waals surface area contributed by atoms with Gasteiger partial charge in [-0.3, -0.25) is 4.79 Å². The number of halogens is 1. The number of carbonyl (C=O) groups is 1. The lowest BCUT2D eigenvalue weighted by atomic mass is 10.0. The van der Waals surface area contributed by atoms with E-state index in [9.17, 15) is 4.79 Å². The number of nitrogens with one attached hydrogen (secondary N) is 1. The van der Waals surface area contributed by atoms with Crippen molar-refractivity contribution in [1.82, 2.24) is 4.98 Å². The number of rotatable bonds is 7. The van der Waals surface area contributed by atoms with E-state index in [4.69, 9.17) is 11.6 Å². The number of hydrogen-bond acceptors (Lipinski definition) is 3. The van der Waals surface area contributed by atoms with Crippen molar-refractivity contribution in [2.24, 2.45) is 0 Å². The normalized spacial score (nSPS) is 10.4. The summed E-state index contributed by atoms with van der Waals surface area (Å²) in [4.78, 5) is 15.9. The predicted molar refractivity (Wildman–Crippen MR) is 86.9 cm³/mol. The lowest BCUT2D eigenvalue weighted by molar-refractivity contribution is -0.117. The fourth-order valence-corrected chi connectivity index (χ4v) is 2.23. The van der Waals surface area contributed by atoms with Gasteiger partial charge in [0.15, 0.2) is 5.78 Å². The Morgan fingerprint density at radius 2 is 2.14 bits per heavy atom. The summed E-state index contributed by atoms with van der Waals surface area (Å²) >= 11 is 5.75. The third-order valence-corrected chi connectivity index (χ3v) is 3.42. The van der Waals surface area contributed by atoms with Gasteiger partial charge in [0.05, 0.1) is 11.6 Å². The monoisotopic (exact) mass is 302 g/mol. The van der Waals surface area contributed by atoms with Crippen LogP contribution in [0.3, 0.4) is 0 Å². The van der Waals surface area contributed by atoms with Crippen LogP contribution >= 0.6 is 11.6 Å². The third-order valence-electron chi connectivity index (χ3n) is 3.20. The van der Waals surface area contributed by atoms with E-state index in [-0.39, 0.29) is 5.78 Å². The average molecular weight is 303 g/mol. The highest BCUT2D eigenvalue weighted by Gasteiger charge is 2.03. The first-order valence-corrected chi connectivity index (χ1v) is 7.44. The Balaban J connectivity index is 1.69. The number of carbonyl (C=O) groups excluding carboxylic acids is 1. The molecule has 21 heavy (non-hydrogen) atoms. The molecule has 4 heteroatoms. The van der Waals surface area contributed by atoms with E-state index in [0.717, 1.165) is 12.8 Å². The lowest BCUT2D eigenvalue weighted by Crippen LogP contribution is -2.14. The van der Waals surface area contributed by atoms with E-state index in [1.54, 1.807) is 18.3 Å². The van der Waals surface area contributed by atoms with Gasteiger partial charge in [0.25, 0.3) is 0 Å². The quantitative estimate of drug-likeness (QED) is 0.839. The number of pyridine rings is 1. The van der Waals surface area contributed by atoms with Crippen molar-refractivity contribution in [3.05, 3.63) is 58.7 Å². The Labute approximate surface area is 130 Å². The topological polar surface area (TPSA) is 42.0 Å². The molecule has 0 saturated heterocycles. The summed E-state index contributed by atoms with van der Waals surface area (Å²) in [6, 6.07) is 11.9. The second-order valence-electron chi connectivity index (χ2n) is 5.10. The van der Waals surface area contributed by atoms with Gasteiger partial charge in [-0.25, -0.2) is 4.98 Å². The van der Waals surface area contributed by atoms with Crippen LogP contribution in [0.4, 0.5) is 5.82 Å². The Bertz CT molecular complexity index is 596. The van der Waals surface area contributed by atoms with Crippen LogP contribution < -0.4 is 5.32 Å². The van der Waals surface area contributed by atoms with Gasteiger partial charge in [-0.1, -0.05) is 41.4 Å². The van der Waals surface area contributed by atoms with E-state index in [1.807, 2.05) is 0 Å². The first-order valence-electron chi connectivity index (χ1n) is 7.06. The Kier molecular flexibility index (Phi) is 5.76. The number of Topliss-reactive ketones (excluding diaryl/α,β-unsaturated/α-hetero) is 1. The van der Waals surface area contributed by atoms with E-state index in [2.05, 4.69) is 41.5 Å². The second-order valence-corrected chi connectivity index (χ2v) is 5.53. The molecular formula is C17H19ClN2O. The highest BCUT2D eigenvalue weighted by molar-refractivity contribution is 6.30. The highest BCUT2D eigenvalue weighted by atomic mass is 35.5. The van der Waals surface area contributed by atoms with E-state index >= 15 is 0 Å². The zero-order valence-electron chi connectivity index (χ0n) is 12.1. The number of aromatic nitrogens is 1. The van der Waals surface area contributed by atoms with E-state index in [0.29, 0.717) is 23.8 Å². The summed E-state index contributed by atoms with van der Waals surface area (Å²) in [5, 5.41) is 3.60. The molecule has 0 fully saturated rings. The molecule has 1 aromatic heterocycles. The molecule has 0 aliphatic rings. The minimum Gasteiger partial charge on any atom is -0.363 e. The summed E-state index contributed by atoms with van der Waals surface area (Å²) in [5.74, 6) is 0.867. The molecule has 1 N–H and O–H groups in total. The predicted octanol–water partition coefficient (Wildman–Crippen LogP) is 4.05. The molecule has 0 spiro atoms. The largest absolute Gasteiger partial charge is 0.363 e. The summed E-state index contributed by atoms with van der Waals surface area (Å²) in [6.07, 6.45) is 3.95. The molecule has 0 aliphatic heterocycles. The maximum Gasteiger partial charge on any atom is 0.151 e. The van der Waals surface area contributed by atoms with Crippen LogP contribution in [-0.2, 0) is 11.2 Å². The second kappa shape index (κ2) is 7.79. The zero-order chi connectivity index (χ0) is 15.1. The van der Waals surface area contributed by atoms with Crippen LogP contribution in [0.15, 0.2) is 42.6 Å². The van der Waals surface area contributed by atoms with Crippen LogP contribution in [0.2, 0.25) is 5.02 Å². The average Bonchev–Trinajstić information content (AvgIpc) is 2.47. The number of benzene rings is 1. The minimum absolute atomic E-state index is 0.194. The van der Waals surface area contributed by atoms with Gasteiger partial charge in [0.1, 0.15) is 5.82 Å². The summed E-state index contributed by atoms with van der Waals surface area (Å²) in [7, 11) is 0. The molecule has 0 aliphatic carbocycles. The van der Waals surface area contributed by atoms with E-state index < -0.39 is 0 Å². The molecule has 110 valence electrons. The van der Waals surface area contributed by atoms with Crippen molar-refractivity contribution in [2.75, 3.05) is 11.9 Å². The molecule has 2 rings (SSSR count). The van der Waals surface area contributed by atoms with Crippen molar-refractivity contribution in [2.45, 2.75) is 26.2 Å². The van der Waals surface area contributed by atoms with Crippen LogP contribution in [0, 0.1) is 6.92 Å². The van der Waals surface area contributed by atoms with Gasteiger partial charge in [-0.15, -0.1) is 0 Å². The van der Waals surface area contributed by atoms with Crippen LogP contribution in [0.5, 0.6) is 0 Å². The molecular weight excluding hydrogens is 284 g/mol. The van der Waals surface area contributed by atoms with Gasteiger partial charge >= 0.3 is 0 Å².